The number of para-hydroxylation sites is 2. The normalized spacial score (nSPS) is 12.4. The summed E-state index contributed by atoms with van der Waals surface area (Å²) in [6.45, 7) is 17.8. The van der Waals surface area contributed by atoms with Crippen LogP contribution in [0.3, 0.4) is 0 Å². The second kappa shape index (κ2) is 11.4. The van der Waals surface area contributed by atoms with Gasteiger partial charge in [0.1, 0.15) is 0 Å². The summed E-state index contributed by atoms with van der Waals surface area (Å²) in [5.41, 5.74) is 9.00. The van der Waals surface area contributed by atoms with E-state index < -0.39 is 0 Å². The number of pyridine rings is 1. The van der Waals surface area contributed by atoms with Crippen LogP contribution in [0.25, 0.3) is 0 Å². The average molecular weight is 454 g/mol. The van der Waals surface area contributed by atoms with Crippen molar-refractivity contribution in [2.75, 3.05) is 0 Å². The third kappa shape index (κ3) is 5.88. The van der Waals surface area contributed by atoms with E-state index in [9.17, 15) is 0 Å². The van der Waals surface area contributed by atoms with Gasteiger partial charge in [-0.1, -0.05) is 91.8 Å². The van der Waals surface area contributed by atoms with Crippen LogP contribution in [-0.4, -0.2) is 17.4 Å². The minimum absolute atomic E-state index is 0.401. The topological polar surface area (TPSA) is 37.6 Å². The molecule has 34 heavy (non-hydrogen) atoms. The maximum atomic E-state index is 5.00. The van der Waals surface area contributed by atoms with Gasteiger partial charge in [-0.25, -0.2) is 0 Å². The molecule has 0 aliphatic heterocycles. The van der Waals surface area contributed by atoms with Crippen LogP contribution < -0.4 is 0 Å². The van der Waals surface area contributed by atoms with E-state index in [2.05, 4.69) is 103 Å². The number of hydrogen-bond donors (Lipinski definition) is 0. The molecule has 0 spiro atoms. The fourth-order valence-electron chi connectivity index (χ4n) is 4.23. The van der Waals surface area contributed by atoms with E-state index in [1.165, 1.54) is 22.3 Å². The number of aromatic nitrogens is 1. The molecular formula is C31H39N3. The first-order chi connectivity index (χ1) is 16.2. The first-order valence-corrected chi connectivity index (χ1v) is 12.5. The number of benzene rings is 2. The minimum atomic E-state index is 0.401. The molecule has 3 aromatic rings. The maximum Gasteiger partial charge on any atom is 0.0900 e. The van der Waals surface area contributed by atoms with Crippen LogP contribution >= 0.6 is 0 Å². The second-order valence-corrected chi connectivity index (χ2v) is 10.2. The van der Waals surface area contributed by atoms with Crippen molar-refractivity contribution in [3.8, 4) is 0 Å². The van der Waals surface area contributed by atoms with Crippen molar-refractivity contribution in [3.63, 3.8) is 0 Å². The Hall–Kier alpha value is -3.07. The number of rotatable bonds is 8. The van der Waals surface area contributed by atoms with Gasteiger partial charge in [0, 0.05) is 18.0 Å². The highest BCUT2D eigenvalue weighted by atomic mass is 14.8. The van der Waals surface area contributed by atoms with Gasteiger partial charge in [-0.2, -0.15) is 0 Å². The lowest BCUT2D eigenvalue weighted by molar-refractivity contribution is 0.834. The molecule has 1 heterocycles. The fraction of sp³-hybridized carbons (Fsp3) is 0.387. The van der Waals surface area contributed by atoms with Gasteiger partial charge in [0.25, 0.3) is 0 Å². The van der Waals surface area contributed by atoms with Crippen LogP contribution in [0.15, 0.2) is 64.7 Å². The molecule has 0 amide bonds. The summed E-state index contributed by atoms with van der Waals surface area (Å²) in [5, 5.41) is 0. The molecule has 3 nitrogen and oxygen atoms in total. The molecule has 2 aromatic carbocycles. The van der Waals surface area contributed by atoms with E-state index >= 15 is 0 Å². The molecule has 0 N–H and O–H groups in total. The lowest BCUT2D eigenvalue weighted by atomic mass is 9.93. The predicted octanol–water partition coefficient (Wildman–Crippen LogP) is 9.08. The maximum absolute atomic E-state index is 5.00. The third-order valence-corrected chi connectivity index (χ3v) is 6.20. The second-order valence-electron chi connectivity index (χ2n) is 10.2. The Morgan fingerprint density at radius 3 is 1.38 bits per heavy atom. The Labute approximate surface area is 206 Å². The van der Waals surface area contributed by atoms with Crippen LogP contribution in [-0.2, 0) is 0 Å². The van der Waals surface area contributed by atoms with Gasteiger partial charge < -0.3 is 0 Å². The summed E-state index contributed by atoms with van der Waals surface area (Å²) in [6, 6.07) is 17.0. The van der Waals surface area contributed by atoms with Crippen molar-refractivity contribution >= 4 is 23.8 Å². The molecule has 178 valence electrons. The zero-order valence-corrected chi connectivity index (χ0v) is 22.0. The first-order valence-electron chi connectivity index (χ1n) is 12.5. The molecule has 0 unspecified atom stereocenters. The fourth-order valence-corrected chi connectivity index (χ4v) is 4.23. The smallest absolute Gasteiger partial charge is 0.0900 e. The van der Waals surface area contributed by atoms with E-state index in [0.717, 1.165) is 22.6 Å². The summed E-state index contributed by atoms with van der Waals surface area (Å²) in [5.74, 6) is 1.61. The van der Waals surface area contributed by atoms with Gasteiger partial charge in [-0.05, 0) is 58.1 Å². The molecule has 0 saturated carbocycles. The highest BCUT2D eigenvalue weighted by molar-refractivity contribution is 5.94. The van der Waals surface area contributed by atoms with Gasteiger partial charge in [0.2, 0.25) is 0 Å². The van der Waals surface area contributed by atoms with Gasteiger partial charge in [-0.3, -0.25) is 15.0 Å². The number of aliphatic imine (C=N–C) groups is 2. The van der Waals surface area contributed by atoms with Crippen molar-refractivity contribution in [1.82, 2.24) is 4.98 Å². The molecule has 0 fully saturated rings. The quantitative estimate of drug-likeness (QED) is 0.313. The summed E-state index contributed by atoms with van der Waals surface area (Å²) < 4.78 is 0. The van der Waals surface area contributed by atoms with Gasteiger partial charge in [-0.15, -0.1) is 0 Å². The summed E-state index contributed by atoms with van der Waals surface area (Å²) in [4.78, 5) is 14.6. The summed E-state index contributed by atoms with van der Waals surface area (Å²) in [7, 11) is 0. The Bertz CT molecular complexity index is 1020. The molecular weight excluding hydrogens is 414 g/mol. The molecule has 1 aromatic heterocycles. The molecule has 3 rings (SSSR count). The van der Waals surface area contributed by atoms with E-state index in [4.69, 9.17) is 9.98 Å². The van der Waals surface area contributed by atoms with Crippen LogP contribution in [0.4, 0.5) is 11.4 Å². The van der Waals surface area contributed by atoms with Crippen molar-refractivity contribution in [3.05, 3.63) is 88.2 Å². The highest BCUT2D eigenvalue weighted by Gasteiger charge is 2.14. The summed E-state index contributed by atoms with van der Waals surface area (Å²) >= 11 is 0. The molecule has 3 heteroatoms. The standard InChI is InChI=1S/C31H39N3/c1-20(2)25-13-9-14-26(21(3)4)30(25)33-18-24-12-11-17-32-29(24)19-34-31-27(22(5)6)15-10-16-28(31)23(7)8/h9-23H,1-8H3. The van der Waals surface area contributed by atoms with E-state index in [-0.39, 0.29) is 0 Å². The van der Waals surface area contributed by atoms with Crippen LogP contribution in [0.2, 0.25) is 0 Å². The molecule has 0 bridgehead atoms. The lowest BCUT2D eigenvalue weighted by Gasteiger charge is -2.16. The van der Waals surface area contributed by atoms with Crippen molar-refractivity contribution in [1.29, 1.82) is 0 Å². The van der Waals surface area contributed by atoms with Gasteiger partial charge in [0.05, 0.1) is 23.3 Å². The van der Waals surface area contributed by atoms with Crippen LogP contribution in [0.1, 0.15) is 113 Å². The molecule has 0 atom stereocenters. The van der Waals surface area contributed by atoms with Crippen molar-refractivity contribution in [2.45, 2.75) is 79.1 Å². The first kappa shape index (κ1) is 25.6. The van der Waals surface area contributed by atoms with Crippen molar-refractivity contribution < 1.29 is 0 Å². The Balaban J connectivity index is 2.05. The lowest BCUT2D eigenvalue weighted by Crippen LogP contribution is -1.99. The Morgan fingerprint density at radius 1 is 0.559 bits per heavy atom. The zero-order chi connectivity index (χ0) is 24.8. The molecule has 0 aliphatic carbocycles. The van der Waals surface area contributed by atoms with Gasteiger partial charge in [0.15, 0.2) is 0 Å². The monoisotopic (exact) mass is 453 g/mol. The third-order valence-electron chi connectivity index (χ3n) is 6.20. The Morgan fingerprint density at radius 2 is 0.971 bits per heavy atom. The molecule has 0 radical (unpaired) electrons. The minimum Gasteiger partial charge on any atom is -0.256 e. The van der Waals surface area contributed by atoms with Crippen LogP contribution in [0.5, 0.6) is 0 Å². The highest BCUT2D eigenvalue weighted by Crippen LogP contribution is 2.36. The van der Waals surface area contributed by atoms with Crippen molar-refractivity contribution in [2.24, 2.45) is 9.98 Å². The van der Waals surface area contributed by atoms with E-state index in [1.54, 1.807) is 0 Å². The SMILES string of the molecule is CC(C)c1cccc(C(C)C)c1N=Cc1cccnc1C=Nc1c(C(C)C)cccc1C(C)C. The average Bonchev–Trinajstić information content (AvgIpc) is 2.81. The number of nitrogens with zero attached hydrogens (tertiary/aromatic N) is 3. The van der Waals surface area contributed by atoms with E-state index in [1.807, 2.05) is 24.7 Å². The number of hydrogen-bond acceptors (Lipinski definition) is 3. The van der Waals surface area contributed by atoms with Crippen LogP contribution in [0, 0.1) is 0 Å². The molecule has 0 aliphatic rings. The predicted molar refractivity (Wildman–Crippen MR) is 148 cm³/mol. The zero-order valence-electron chi connectivity index (χ0n) is 22.0. The Kier molecular flexibility index (Phi) is 8.55. The molecule has 0 saturated heterocycles. The van der Waals surface area contributed by atoms with Gasteiger partial charge >= 0.3 is 0 Å². The largest absolute Gasteiger partial charge is 0.256 e. The van der Waals surface area contributed by atoms with E-state index in [0.29, 0.717) is 23.7 Å². The summed E-state index contributed by atoms with van der Waals surface area (Å²) in [6.07, 6.45) is 5.66.